The average molecular weight is 597 g/mol. The third kappa shape index (κ3) is 3.95. The first-order valence-corrected chi connectivity index (χ1v) is 15.0. The molecule has 0 bridgehead atoms. The summed E-state index contributed by atoms with van der Waals surface area (Å²) in [6.45, 7) is 1.51. The highest BCUT2D eigenvalue weighted by Crippen LogP contribution is 2.58. The molecule has 1 spiro atoms. The van der Waals surface area contributed by atoms with Gasteiger partial charge in [0.05, 0.1) is 17.8 Å². The molecule has 3 nitrogen and oxygen atoms in total. The van der Waals surface area contributed by atoms with Crippen LogP contribution < -0.4 is 0 Å². The fourth-order valence-electron chi connectivity index (χ4n) is 6.93. The summed E-state index contributed by atoms with van der Waals surface area (Å²) in [7, 11) is 0. The topological polar surface area (TPSA) is 38.7 Å². The van der Waals surface area contributed by atoms with Crippen molar-refractivity contribution >= 4 is 12.2 Å². The molecule has 0 atom stereocenters. The zero-order valence-electron chi connectivity index (χ0n) is 33.7. The van der Waals surface area contributed by atoms with Gasteiger partial charge in [0.2, 0.25) is 0 Å². The molecule has 46 heavy (non-hydrogen) atoms. The lowest BCUT2D eigenvalue weighted by Crippen LogP contribution is -2.30. The molecular weight excluding hydrogens is 558 g/mol. The van der Waals surface area contributed by atoms with E-state index >= 15 is 0 Å². The van der Waals surface area contributed by atoms with E-state index < -0.39 is 47.7 Å². The van der Waals surface area contributed by atoms with Crippen LogP contribution in [0.3, 0.4) is 0 Å². The second-order valence-corrected chi connectivity index (χ2v) is 11.4. The van der Waals surface area contributed by atoms with Crippen molar-refractivity contribution in [1.82, 2.24) is 15.0 Å². The Morgan fingerprint density at radius 2 is 1.07 bits per heavy atom. The molecule has 0 saturated heterocycles. The third-order valence-electron chi connectivity index (χ3n) is 8.81. The third-order valence-corrected chi connectivity index (χ3v) is 8.81. The molecule has 0 fully saturated rings. The van der Waals surface area contributed by atoms with E-state index in [0.717, 1.165) is 44.5 Å². The quantitative estimate of drug-likeness (QED) is 0.204. The summed E-state index contributed by atoms with van der Waals surface area (Å²) in [6.07, 6.45) is 4.21. The Balaban J connectivity index is 1.38. The van der Waals surface area contributed by atoms with Gasteiger partial charge in [-0.2, -0.15) is 0 Å². The standard InChI is InChI=1S/C43H29N3/c1-28-12-11-16-32(26-28)41-44-40(31-14-3-2-4-15-31)45-42(46-41)33-25-24-30-23-22-29-13-5-8-19-36(29)43(39(30)27-33)37-20-9-6-17-34(37)35-18-7-10-21-38(35)43/h2-27H,1H3/i2D,3D,4D,11D,12D,14D,15D,16D,26D. The minimum Gasteiger partial charge on any atom is -0.208 e. The Kier molecular flexibility index (Phi) is 4.21. The fourth-order valence-corrected chi connectivity index (χ4v) is 6.93. The van der Waals surface area contributed by atoms with Crippen molar-refractivity contribution in [3.63, 3.8) is 0 Å². The van der Waals surface area contributed by atoms with Gasteiger partial charge in [-0.15, -0.1) is 0 Å². The Hall–Kier alpha value is -5.93. The van der Waals surface area contributed by atoms with Crippen LogP contribution in [0.25, 0.3) is 57.4 Å². The van der Waals surface area contributed by atoms with Crippen LogP contribution in [-0.4, -0.2) is 15.0 Å². The lowest BCUT2D eigenvalue weighted by atomic mass is 9.66. The molecule has 0 amide bonds. The van der Waals surface area contributed by atoms with Crippen molar-refractivity contribution < 1.29 is 12.3 Å². The van der Waals surface area contributed by atoms with Crippen molar-refractivity contribution in [1.29, 1.82) is 0 Å². The highest BCUT2D eigenvalue weighted by Gasteiger charge is 2.48. The molecule has 2 aliphatic carbocycles. The molecule has 7 aromatic rings. The lowest BCUT2D eigenvalue weighted by Gasteiger charge is -2.35. The van der Waals surface area contributed by atoms with E-state index in [0.29, 0.717) is 5.56 Å². The van der Waals surface area contributed by atoms with E-state index in [1.807, 2.05) is 54.6 Å². The fraction of sp³-hybridized carbons (Fsp3) is 0.0465. The first-order valence-electron chi connectivity index (χ1n) is 19.5. The molecule has 0 unspecified atom stereocenters. The van der Waals surface area contributed by atoms with E-state index in [9.17, 15) is 0 Å². The van der Waals surface area contributed by atoms with Crippen LogP contribution in [0.15, 0.2) is 145 Å². The summed E-state index contributed by atoms with van der Waals surface area (Å²) < 4.78 is 77.0. The summed E-state index contributed by atoms with van der Waals surface area (Å²) in [5, 5.41) is 0. The Bertz CT molecular complexity index is 2660. The molecule has 216 valence electrons. The molecule has 3 heteroatoms. The molecule has 1 heterocycles. The Morgan fingerprint density at radius 1 is 0.500 bits per heavy atom. The normalized spacial score (nSPS) is 16.2. The van der Waals surface area contributed by atoms with Gasteiger partial charge in [-0.05, 0) is 63.5 Å². The molecule has 0 N–H and O–H groups in total. The van der Waals surface area contributed by atoms with Crippen LogP contribution in [0.1, 0.15) is 51.3 Å². The van der Waals surface area contributed by atoms with Crippen LogP contribution in [0.2, 0.25) is 0 Å². The van der Waals surface area contributed by atoms with Gasteiger partial charge in [-0.1, -0.05) is 151 Å². The van der Waals surface area contributed by atoms with Gasteiger partial charge in [0.25, 0.3) is 0 Å². The monoisotopic (exact) mass is 596 g/mol. The molecule has 1 aromatic heterocycles. The highest BCUT2D eigenvalue weighted by molar-refractivity contribution is 5.91. The zero-order valence-corrected chi connectivity index (χ0v) is 24.7. The minimum absolute atomic E-state index is 0.0729. The van der Waals surface area contributed by atoms with E-state index in [2.05, 4.69) is 53.5 Å². The van der Waals surface area contributed by atoms with E-state index in [-0.39, 0.29) is 46.2 Å². The van der Waals surface area contributed by atoms with Gasteiger partial charge in [-0.25, -0.2) is 15.0 Å². The Labute approximate surface area is 281 Å². The SMILES string of the molecule is [2H]c1c([2H])c([2H])c(-c2nc(-c3ccc4c(c3)C3(c5ccccc5C=C4)c4ccccc4-c4ccccc43)nc(-c3c([2H])c([2H])c([2H])c(C)c3[2H])n2)c([2H])c1[2H]. The van der Waals surface area contributed by atoms with Crippen LogP contribution in [0, 0.1) is 6.92 Å². The zero-order chi connectivity index (χ0) is 38.5. The summed E-state index contributed by atoms with van der Waals surface area (Å²) in [4.78, 5) is 14.1. The van der Waals surface area contributed by atoms with E-state index in [1.54, 1.807) is 0 Å². The second-order valence-electron chi connectivity index (χ2n) is 11.4. The second kappa shape index (κ2) is 10.3. The average Bonchev–Trinajstić information content (AvgIpc) is 3.42. The largest absolute Gasteiger partial charge is 0.208 e. The molecule has 9 rings (SSSR count). The maximum atomic E-state index is 8.92. The van der Waals surface area contributed by atoms with Crippen molar-refractivity contribution in [3.05, 3.63) is 184 Å². The lowest BCUT2D eigenvalue weighted by molar-refractivity contribution is 0.766. The summed E-state index contributed by atoms with van der Waals surface area (Å²) in [5.41, 5.74) is 7.98. The van der Waals surface area contributed by atoms with Gasteiger partial charge in [0, 0.05) is 16.7 Å². The van der Waals surface area contributed by atoms with Gasteiger partial charge in [-0.3, -0.25) is 0 Å². The van der Waals surface area contributed by atoms with Gasteiger partial charge in [0.1, 0.15) is 0 Å². The minimum atomic E-state index is -0.770. The van der Waals surface area contributed by atoms with Gasteiger partial charge in [0.15, 0.2) is 17.5 Å². The van der Waals surface area contributed by atoms with Crippen molar-refractivity contribution in [2.24, 2.45) is 0 Å². The first-order chi connectivity index (χ1) is 26.4. The summed E-state index contributed by atoms with van der Waals surface area (Å²) >= 11 is 0. The number of rotatable bonds is 3. The number of benzene rings is 6. The number of nitrogens with zero attached hydrogens (tertiary/aromatic N) is 3. The predicted molar refractivity (Wildman–Crippen MR) is 187 cm³/mol. The number of fused-ring (bicyclic) bond motifs is 9. The molecule has 2 aliphatic rings. The smallest absolute Gasteiger partial charge is 0.164 e. The number of aromatic nitrogens is 3. The molecule has 0 saturated carbocycles. The van der Waals surface area contributed by atoms with Crippen LogP contribution in [-0.2, 0) is 5.41 Å². The molecule has 6 aromatic carbocycles. The van der Waals surface area contributed by atoms with Crippen LogP contribution in [0.4, 0.5) is 0 Å². The first kappa shape index (κ1) is 18.8. The van der Waals surface area contributed by atoms with Crippen molar-refractivity contribution in [2.75, 3.05) is 0 Å². The predicted octanol–water partition coefficient (Wildman–Crippen LogP) is 10.0. The Morgan fingerprint density at radius 3 is 1.78 bits per heavy atom. The van der Waals surface area contributed by atoms with Crippen molar-refractivity contribution in [2.45, 2.75) is 12.3 Å². The summed E-state index contributed by atoms with van der Waals surface area (Å²) in [5.74, 6) is -0.366. The molecule has 0 radical (unpaired) electrons. The van der Waals surface area contributed by atoms with E-state index in [1.165, 1.54) is 6.92 Å². The van der Waals surface area contributed by atoms with E-state index in [4.69, 9.17) is 22.3 Å². The van der Waals surface area contributed by atoms with Crippen LogP contribution in [0.5, 0.6) is 0 Å². The number of hydrogen-bond acceptors (Lipinski definition) is 3. The molecule has 0 aliphatic heterocycles. The summed E-state index contributed by atoms with van der Waals surface area (Å²) in [6, 6.07) is 26.9. The number of hydrogen-bond donors (Lipinski definition) is 0. The molecular formula is C43H29N3. The van der Waals surface area contributed by atoms with Gasteiger partial charge < -0.3 is 0 Å². The maximum absolute atomic E-state index is 8.92. The van der Waals surface area contributed by atoms with Crippen molar-refractivity contribution in [3.8, 4) is 45.3 Å². The van der Waals surface area contributed by atoms with Crippen LogP contribution >= 0.6 is 0 Å². The van der Waals surface area contributed by atoms with Gasteiger partial charge >= 0.3 is 0 Å². The highest BCUT2D eigenvalue weighted by atomic mass is 15.0. The maximum Gasteiger partial charge on any atom is 0.164 e.